The van der Waals surface area contributed by atoms with Crippen LogP contribution in [0.1, 0.15) is 6.42 Å². The number of benzene rings is 1. The summed E-state index contributed by atoms with van der Waals surface area (Å²) in [4.78, 5) is 0. The van der Waals surface area contributed by atoms with E-state index >= 15 is 0 Å². The monoisotopic (exact) mass is 210 g/mol. The van der Waals surface area contributed by atoms with Crippen LogP contribution in [0.15, 0.2) is 24.3 Å². The van der Waals surface area contributed by atoms with Crippen LogP contribution in [0.3, 0.4) is 0 Å². The smallest absolute Gasteiger partial charge is 0.137 e. The van der Waals surface area contributed by atoms with E-state index < -0.39 is 6.04 Å². The Bertz CT molecular complexity index is 335. The van der Waals surface area contributed by atoms with Gasteiger partial charge in [-0.3, -0.25) is 0 Å². The molecule has 1 atom stereocenters. The summed E-state index contributed by atoms with van der Waals surface area (Å²) in [6.45, 7) is 0.401. The van der Waals surface area contributed by atoms with Crippen molar-refractivity contribution in [2.75, 3.05) is 6.61 Å². The molecule has 4 heteroatoms. The molecule has 0 aliphatic carbocycles. The minimum Gasteiger partial charge on any atom is -0.492 e. The molecule has 0 heterocycles. The standard InChI is InChI=1S/C10H11ClN2O/c11-9-3-1-2-4-10(9)14-6-5-8(13)7-12/h1-4,8H,5-6,13H2. The van der Waals surface area contributed by atoms with E-state index in [1.165, 1.54) is 0 Å². The van der Waals surface area contributed by atoms with Crippen LogP contribution < -0.4 is 10.5 Å². The maximum Gasteiger partial charge on any atom is 0.137 e. The van der Waals surface area contributed by atoms with E-state index in [-0.39, 0.29) is 0 Å². The van der Waals surface area contributed by atoms with E-state index in [9.17, 15) is 0 Å². The van der Waals surface area contributed by atoms with Crippen molar-refractivity contribution in [1.29, 1.82) is 5.26 Å². The first-order valence-electron chi connectivity index (χ1n) is 4.26. The fourth-order valence-corrected chi connectivity index (χ4v) is 1.11. The molecule has 0 spiro atoms. The van der Waals surface area contributed by atoms with Crippen LogP contribution in [0.2, 0.25) is 5.02 Å². The minimum atomic E-state index is -0.475. The first-order valence-corrected chi connectivity index (χ1v) is 4.64. The average molecular weight is 211 g/mol. The molecule has 1 unspecified atom stereocenters. The van der Waals surface area contributed by atoms with Gasteiger partial charge >= 0.3 is 0 Å². The van der Waals surface area contributed by atoms with Gasteiger partial charge in [-0.05, 0) is 12.1 Å². The van der Waals surface area contributed by atoms with Crippen molar-refractivity contribution in [3.05, 3.63) is 29.3 Å². The average Bonchev–Trinajstić information content (AvgIpc) is 2.20. The molecule has 0 radical (unpaired) electrons. The summed E-state index contributed by atoms with van der Waals surface area (Å²) in [6.07, 6.45) is 0.502. The molecule has 2 N–H and O–H groups in total. The summed E-state index contributed by atoms with van der Waals surface area (Å²) in [5.74, 6) is 0.624. The second kappa shape index (κ2) is 5.48. The normalized spacial score (nSPS) is 11.8. The highest BCUT2D eigenvalue weighted by molar-refractivity contribution is 6.32. The van der Waals surface area contributed by atoms with Crippen LogP contribution in [0.25, 0.3) is 0 Å². The van der Waals surface area contributed by atoms with Gasteiger partial charge in [0.1, 0.15) is 5.75 Å². The lowest BCUT2D eigenvalue weighted by molar-refractivity contribution is 0.306. The summed E-state index contributed by atoms with van der Waals surface area (Å²) in [6, 6.07) is 8.65. The van der Waals surface area contributed by atoms with Crippen LogP contribution in [0.4, 0.5) is 0 Å². The fraction of sp³-hybridized carbons (Fsp3) is 0.300. The molecule has 0 bridgehead atoms. The van der Waals surface area contributed by atoms with E-state index in [1.807, 2.05) is 18.2 Å². The Kier molecular flexibility index (Phi) is 4.24. The number of nitrogens with zero attached hydrogens (tertiary/aromatic N) is 1. The van der Waals surface area contributed by atoms with Gasteiger partial charge in [-0.15, -0.1) is 0 Å². The summed E-state index contributed by atoms with van der Waals surface area (Å²) >= 11 is 5.85. The van der Waals surface area contributed by atoms with E-state index in [0.29, 0.717) is 23.8 Å². The van der Waals surface area contributed by atoms with Gasteiger partial charge in [0.25, 0.3) is 0 Å². The van der Waals surface area contributed by atoms with Crippen molar-refractivity contribution in [2.24, 2.45) is 5.73 Å². The predicted molar refractivity (Wildman–Crippen MR) is 55.2 cm³/mol. The maximum atomic E-state index is 8.43. The summed E-state index contributed by atoms with van der Waals surface area (Å²) < 4.78 is 5.35. The summed E-state index contributed by atoms with van der Waals surface area (Å²) in [7, 11) is 0. The van der Waals surface area contributed by atoms with Crippen LogP contribution in [0.5, 0.6) is 5.75 Å². The quantitative estimate of drug-likeness (QED) is 0.827. The highest BCUT2D eigenvalue weighted by atomic mass is 35.5. The van der Waals surface area contributed by atoms with E-state index in [1.54, 1.807) is 12.1 Å². The molecule has 1 aromatic carbocycles. The Morgan fingerprint density at radius 3 is 2.86 bits per heavy atom. The number of ether oxygens (including phenoxy) is 1. The van der Waals surface area contributed by atoms with Gasteiger partial charge in [0.2, 0.25) is 0 Å². The van der Waals surface area contributed by atoms with E-state index in [4.69, 9.17) is 27.3 Å². The van der Waals surface area contributed by atoms with Gasteiger partial charge < -0.3 is 10.5 Å². The molecule has 74 valence electrons. The van der Waals surface area contributed by atoms with Crippen molar-refractivity contribution < 1.29 is 4.74 Å². The number of para-hydroxylation sites is 1. The van der Waals surface area contributed by atoms with Crippen molar-refractivity contribution in [3.8, 4) is 11.8 Å². The minimum absolute atomic E-state index is 0.401. The molecular weight excluding hydrogens is 200 g/mol. The number of nitrogens with two attached hydrogens (primary N) is 1. The first-order chi connectivity index (χ1) is 6.74. The molecule has 0 saturated heterocycles. The molecular formula is C10H11ClN2O. The molecule has 0 fully saturated rings. The third-order valence-electron chi connectivity index (χ3n) is 1.69. The molecule has 0 aliphatic heterocycles. The zero-order valence-corrected chi connectivity index (χ0v) is 8.37. The number of hydrogen-bond donors (Lipinski definition) is 1. The van der Waals surface area contributed by atoms with Gasteiger partial charge in [0.05, 0.1) is 23.7 Å². The number of halogens is 1. The van der Waals surface area contributed by atoms with Crippen LogP contribution >= 0.6 is 11.6 Å². The zero-order chi connectivity index (χ0) is 10.4. The SMILES string of the molecule is N#CC(N)CCOc1ccccc1Cl. The van der Waals surface area contributed by atoms with Crippen molar-refractivity contribution >= 4 is 11.6 Å². The third kappa shape index (κ3) is 3.25. The molecule has 0 aromatic heterocycles. The molecule has 0 amide bonds. The molecule has 1 aromatic rings. The van der Waals surface area contributed by atoms with Gasteiger partial charge in [-0.25, -0.2) is 0 Å². The first kappa shape index (κ1) is 10.8. The lowest BCUT2D eigenvalue weighted by Gasteiger charge is -2.07. The molecule has 3 nitrogen and oxygen atoms in total. The Morgan fingerprint density at radius 2 is 2.21 bits per heavy atom. The Labute approximate surface area is 88.0 Å². The fourth-order valence-electron chi connectivity index (χ4n) is 0.922. The van der Waals surface area contributed by atoms with Crippen LogP contribution in [0, 0.1) is 11.3 Å². The van der Waals surface area contributed by atoms with Gasteiger partial charge in [-0.2, -0.15) is 5.26 Å². The van der Waals surface area contributed by atoms with Gasteiger partial charge in [-0.1, -0.05) is 23.7 Å². The lowest BCUT2D eigenvalue weighted by atomic mass is 10.2. The van der Waals surface area contributed by atoms with Gasteiger partial charge in [0, 0.05) is 6.42 Å². The second-order valence-corrected chi connectivity index (χ2v) is 3.21. The lowest BCUT2D eigenvalue weighted by Crippen LogP contribution is -2.20. The van der Waals surface area contributed by atoms with Crippen molar-refractivity contribution in [1.82, 2.24) is 0 Å². The van der Waals surface area contributed by atoms with E-state index in [2.05, 4.69) is 0 Å². The molecule has 0 aliphatic rings. The molecule has 14 heavy (non-hydrogen) atoms. The van der Waals surface area contributed by atoms with E-state index in [0.717, 1.165) is 0 Å². The topological polar surface area (TPSA) is 59.0 Å². The molecule has 0 saturated carbocycles. The van der Waals surface area contributed by atoms with Crippen LogP contribution in [-0.2, 0) is 0 Å². The molecule has 1 rings (SSSR count). The van der Waals surface area contributed by atoms with Crippen molar-refractivity contribution in [3.63, 3.8) is 0 Å². The predicted octanol–water partition coefficient (Wildman–Crippen LogP) is 1.96. The largest absolute Gasteiger partial charge is 0.492 e. The number of rotatable bonds is 4. The summed E-state index contributed by atoms with van der Waals surface area (Å²) in [5, 5.41) is 9.00. The number of nitriles is 1. The Morgan fingerprint density at radius 1 is 1.50 bits per heavy atom. The number of hydrogen-bond acceptors (Lipinski definition) is 3. The van der Waals surface area contributed by atoms with Crippen molar-refractivity contribution in [2.45, 2.75) is 12.5 Å². The second-order valence-electron chi connectivity index (χ2n) is 2.80. The van der Waals surface area contributed by atoms with Crippen LogP contribution in [-0.4, -0.2) is 12.6 Å². The highest BCUT2D eigenvalue weighted by Crippen LogP contribution is 2.23. The zero-order valence-electron chi connectivity index (χ0n) is 7.61. The Hall–Kier alpha value is -1.24. The van der Waals surface area contributed by atoms with Gasteiger partial charge in [0.15, 0.2) is 0 Å². The summed E-state index contributed by atoms with van der Waals surface area (Å²) in [5.41, 5.74) is 5.40. The maximum absolute atomic E-state index is 8.43. The Balaban J connectivity index is 2.40. The third-order valence-corrected chi connectivity index (χ3v) is 2.00. The highest BCUT2D eigenvalue weighted by Gasteiger charge is 2.02.